The Morgan fingerprint density at radius 1 is 1.67 bits per heavy atom. The van der Waals surface area contributed by atoms with Crippen molar-refractivity contribution >= 4 is 28.5 Å². The number of amides is 1. The molecule has 1 amide bonds. The standard InChI is InChI=1S/C10H16IN3O/c1-7(2)8(4-11)13-10(15)9-5-14(3)6-12-9/h5-8H,4H2,1-3H3,(H,13,15). The molecule has 84 valence electrons. The quantitative estimate of drug-likeness (QED) is 0.676. The SMILES string of the molecule is CC(C)C(CI)NC(=O)c1cn(C)cn1. The number of carbonyl (C=O) groups is 1. The first-order valence-electron chi connectivity index (χ1n) is 4.89. The van der Waals surface area contributed by atoms with E-state index < -0.39 is 0 Å². The lowest BCUT2D eigenvalue weighted by atomic mass is 10.1. The van der Waals surface area contributed by atoms with Gasteiger partial charge >= 0.3 is 0 Å². The molecule has 5 heteroatoms. The molecular weight excluding hydrogens is 305 g/mol. The maximum atomic E-state index is 11.7. The summed E-state index contributed by atoms with van der Waals surface area (Å²) in [7, 11) is 1.85. The van der Waals surface area contributed by atoms with Crippen molar-refractivity contribution in [1.29, 1.82) is 0 Å². The maximum Gasteiger partial charge on any atom is 0.271 e. The zero-order chi connectivity index (χ0) is 11.4. The number of alkyl halides is 1. The molecule has 1 atom stereocenters. The Balaban J connectivity index is 2.62. The Hall–Kier alpha value is -0.590. The monoisotopic (exact) mass is 321 g/mol. The van der Waals surface area contributed by atoms with E-state index in [9.17, 15) is 4.79 Å². The third-order valence-electron chi connectivity index (χ3n) is 2.22. The number of halogens is 1. The van der Waals surface area contributed by atoms with Gasteiger partial charge in [0.15, 0.2) is 0 Å². The first-order chi connectivity index (χ1) is 7.04. The van der Waals surface area contributed by atoms with Gasteiger partial charge in [-0.1, -0.05) is 36.4 Å². The molecule has 1 aromatic rings. The molecule has 1 rings (SSSR count). The third kappa shape index (κ3) is 3.48. The van der Waals surface area contributed by atoms with Crippen LogP contribution in [0.1, 0.15) is 24.3 Å². The largest absolute Gasteiger partial charge is 0.347 e. The van der Waals surface area contributed by atoms with Crippen molar-refractivity contribution in [3.8, 4) is 0 Å². The molecule has 0 aliphatic carbocycles. The summed E-state index contributed by atoms with van der Waals surface area (Å²) >= 11 is 2.28. The molecule has 0 bridgehead atoms. The molecule has 0 spiro atoms. The van der Waals surface area contributed by atoms with Gasteiger partial charge in [0.1, 0.15) is 5.69 Å². The molecule has 15 heavy (non-hydrogen) atoms. The first kappa shape index (κ1) is 12.5. The summed E-state index contributed by atoms with van der Waals surface area (Å²) in [6, 6.07) is 0.208. The van der Waals surface area contributed by atoms with E-state index >= 15 is 0 Å². The van der Waals surface area contributed by atoms with Gasteiger partial charge in [-0.05, 0) is 5.92 Å². The highest BCUT2D eigenvalue weighted by Gasteiger charge is 2.16. The van der Waals surface area contributed by atoms with Crippen molar-refractivity contribution in [2.24, 2.45) is 13.0 Å². The van der Waals surface area contributed by atoms with Crippen LogP contribution in [0.4, 0.5) is 0 Å². The summed E-state index contributed by atoms with van der Waals surface area (Å²) < 4.78 is 2.68. The van der Waals surface area contributed by atoms with E-state index in [4.69, 9.17) is 0 Å². The van der Waals surface area contributed by atoms with Crippen molar-refractivity contribution in [1.82, 2.24) is 14.9 Å². The van der Waals surface area contributed by atoms with Crippen LogP contribution < -0.4 is 5.32 Å². The van der Waals surface area contributed by atoms with Crippen LogP contribution in [0.3, 0.4) is 0 Å². The molecule has 4 nitrogen and oxygen atoms in total. The molecule has 0 saturated carbocycles. The van der Waals surface area contributed by atoms with E-state index in [0.717, 1.165) is 4.43 Å². The zero-order valence-corrected chi connectivity index (χ0v) is 11.4. The summed E-state index contributed by atoms with van der Waals surface area (Å²) in [5, 5.41) is 2.97. The molecule has 0 saturated heterocycles. The Kier molecular flexibility index (Phi) is 4.56. The van der Waals surface area contributed by atoms with Crippen LogP contribution in [0.25, 0.3) is 0 Å². The first-order valence-corrected chi connectivity index (χ1v) is 6.42. The predicted molar refractivity (Wildman–Crippen MR) is 68.2 cm³/mol. The Morgan fingerprint density at radius 2 is 2.33 bits per heavy atom. The number of carbonyl (C=O) groups excluding carboxylic acids is 1. The number of aryl methyl sites for hydroxylation is 1. The van der Waals surface area contributed by atoms with E-state index in [1.165, 1.54) is 0 Å². The maximum absolute atomic E-state index is 11.7. The minimum absolute atomic E-state index is 0.0917. The van der Waals surface area contributed by atoms with Crippen LogP contribution in [0.5, 0.6) is 0 Å². The smallest absolute Gasteiger partial charge is 0.271 e. The van der Waals surface area contributed by atoms with Gasteiger partial charge in [-0.15, -0.1) is 0 Å². The van der Waals surface area contributed by atoms with E-state index in [1.807, 2.05) is 7.05 Å². The molecule has 0 radical (unpaired) electrons. The average Bonchev–Trinajstić information content (AvgIpc) is 2.60. The van der Waals surface area contributed by atoms with Crippen molar-refractivity contribution in [2.45, 2.75) is 19.9 Å². The molecule has 0 aliphatic heterocycles. The highest BCUT2D eigenvalue weighted by atomic mass is 127. The summed E-state index contributed by atoms with van der Waals surface area (Å²) in [4.78, 5) is 15.8. The third-order valence-corrected chi connectivity index (χ3v) is 3.17. The Labute approximate surface area is 104 Å². The van der Waals surface area contributed by atoms with Gasteiger partial charge in [-0.3, -0.25) is 4.79 Å². The second-order valence-electron chi connectivity index (χ2n) is 3.90. The summed E-state index contributed by atoms with van der Waals surface area (Å²) in [5.41, 5.74) is 0.480. The summed E-state index contributed by atoms with van der Waals surface area (Å²) in [6.45, 7) is 4.20. The van der Waals surface area contributed by atoms with Crippen molar-refractivity contribution in [3.63, 3.8) is 0 Å². The topological polar surface area (TPSA) is 46.9 Å². The number of hydrogen-bond donors (Lipinski definition) is 1. The fourth-order valence-corrected chi connectivity index (χ4v) is 2.39. The Bertz CT molecular complexity index is 335. The van der Waals surface area contributed by atoms with E-state index in [2.05, 4.69) is 46.7 Å². The van der Waals surface area contributed by atoms with Crippen LogP contribution in [-0.4, -0.2) is 25.9 Å². The van der Waals surface area contributed by atoms with Gasteiger partial charge in [0.2, 0.25) is 0 Å². The highest BCUT2D eigenvalue weighted by Crippen LogP contribution is 2.06. The molecule has 1 heterocycles. The molecule has 1 unspecified atom stereocenters. The van der Waals surface area contributed by atoms with E-state index in [1.54, 1.807) is 17.1 Å². The predicted octanol–water partition coefficient (Wildman–Crippen LogP) is 1.61. The lowest BCUT2D eigenvalue weighted by Crippen LogP contribution is -2.39. The van der Waals surface area contributed by atoms with E-state index in [0.29, 0.717) is 11.6 Å². The number of nitrogens with one attached hydrogen (secondary N) is 1. The van der Waals surface area contributed by atoms with Crippen LogP contribution in [0.2, 0.25) is 0 Å². The fourth-order valence-electron chi connectivity index (χ4n) is 1.16. The molecular formula is C10H16IN3O. The van der Waals surface area contributed by atoms with Crippen LogP contribution in [-0.2, 0) is 7.05 Å². The van der Waals surface area contributed by atoms with Crippen LogP contribution >= 0.6 is 22.6 Å². The van der Waals surface area contributed by atoms with Crippen molar-refractivity contribution in [2.75, 3.05) is 4.43 Å². The van der Waals surface area contributed by atoms with Gasteiger partial charge in [-0.2, -0.15) is 0 Å². The molecule has 0 fully saturated rings. The average molecular weight is 321 g/mol. The lowest BCUT2D eigenvalue weighted by Gasteiger charge is -2.19. The number of nitrogens with zero attached hydrogens (tertiary/aromatic N) is 2. The van der Waals surface area contributed by atoms with Gasteiger partial charge in [0.25, 0.3) is 5.91 Å². The van der Waals surface area contributed by atoms with Crippen molar-refractivity contribution < 1.29 is 4.79 Å². The van der Waals surface area contributed by atoms with Crippen LogP contribution in [0, 0.1) is 5.92 Å². The highest BCUT2D eigenvalue weighted by molar-refractivity contribution is 14.1. The fraction of sp³-hybridized carbons (Fsp3) is 0.600. The zero-order valence-electron chi connectivity index (χ0n) is 9.20. The van der Waals surface area contributed by atoms with Gasteiger partial charge < -0.3 is 9.88 Å². The lowest BCUT2D eigenvalue weighted by molar-refractivity contribution is 0.0927. The summed E-state index contributed by atoms with van der Waals surface area (Å²) in [6.07, 6.45) is 3.35. The number of imidazole rings is 1. The second-order valence-corrected chi connectivity index (χ2v) is 4.78. The van der Waals surface area contributed by atoms with Crippen molar-refractivity contribution in [3.05, 3.63) is 18.2 Å². The molecule has 1 aromatic heterocycles. The van der Waals surface area contributed by atoms with E-state index in [-0.39, 0.29) is 11.9 Å². The normalized spacial score (nSPS) is 12.9. The van der Waals surface area contributed by atoms with Gasteiger partial charge in [0.05, 0.1) is 6.33 Å². The summed E-state index contributed by atoms with van der Waals surface area (Å²) in [5.74, 6) is 0.348. The molecule has 0 aromatic carbocycles. The number of hydrogen-bond acceptors (Lipinski definition) is 2. The van der Waals surface area contributed by atoms with Gasteiger partial charge in [0, 0.05) is 23.7 Å². The molecule has 0 aliphatic rings. The minimum atomic E-state index is -0.0917. The molecule has 1 N–H and O–H groups in total. The number of aromatic nitrogens is 2. The Morgan fingerprint density at radius 3 is 2.73 bits per heavy atom. The minimum Gasteiger partial charge on any atom is -0.347 e. The van der Waals surface area contributed by atoms with Crippen LogP contribution in [0.15, 0.2) is 12.5 Å². The number of rotatable bonds is 4. The van der Waals surface area contributed by atoms with Gasteiger partial charge in [-0.25, -0.2) is 4.98 Å². The second kappa shape index (κ2) is 5.48.